The molecule has 2 N–H and O–H groups in total. The molecule has 0 spiro atoms. The topological polar surface area (TPSA) is 118 Å². The number of aliphatic hydroxyl groups excluding tert-OH is 1. The van der Waals surface area contributed by atoms with Crippen LogP contribution in [-0.4, -0.2) is 92.7 Å². The van der Waals surface area contributed by atoms with Crippen molar-refractivity contribution >= 4 is 17.5 Å². The average molecular weight is 508 g/mol. The Morgan fingerprint density at radius 2 is 1.92 bits per heavy atom. The Morgan fingerprint density at radius 1 is 1.19 bits per heavy atom. The van der Waals surface area contributed by atoms with Gasteiger partial charge < -0.3 is 24.8 Å². The summed E-state index contributed by atoms with van der Waals surface area (Å²) < 4.78 is 13.0. The van der Waals surface area contributed by atoms with Crippen LogP contribution in [0, 0.1) is 20.8 Å². The number of hydrogen-bond acceptors (Lipinski definition) is 9. The van der Waals surface area contributed by atoms with Crippen molar-refractivity contribution in [2.45, 2.75) is 33.4 Å². The highest BCUT2D eigenvalue weighted by Gasteiger charge is 2.25. The molecule has 4 heterocycles. The summed E-state index contributed by atoms with van der Waals surface area (Å²) in [4.78, 5) is 25.4. The molecule has 0 atom stereocenters. The first kappa shape index (κ1) is 25.1. The predicted molar refractivity (Wildman–Crippen MR) is 137 cm³/mol. The van der Waals surface area contributed by atoms with Gasteiger partial charge in [0.15, 0.2) is 12.4 Å². The van der Waals surface area contributed by atoms with Gasteiger partial charge in [-0.3, -0.25) is 9.69 Å². The van der Waals surface area contributed by atoms with Gasteiger partial charge in [-0.2, -0.15) is 10.1 Å². The lowest BCUT2D eigenvalue weighted by Crippen LogP contribution is -2.49. The zero-order chi connectivity index (χ0) is 25.9. The number of aliphatic hydroxyl groups is 1. The number of nitrogens with zero attached hydrogens (tertiary/aromatic N) is 6. The second-order valence-electron chi connectivity index (χ2n) is 9.62. The van der Waals surface area contributed by atoms with Gasteiger partial charge in [-0.1, -0.05) is 0 Å². The first-order valence-corrected chi connectivity index (χ1v) is 12.5. The van der Waals surface area contributed by atoms with Crippen molar-refractivity contribution in [1.29, 1.82) is 0 Å². The standard InChI is InChI=1S/C26H33N7O4/c1-17-10-21(11-18(2)25(17)37-16-24(35)32-6-8-36-9-7-32)28-26-27-5-4-23(29-26)33-13-20(19(3)30-33)12-31-14-22(34)15-31/h4-5,10-11,13,22,34H,6-9,12,14-16H2,1-3H3,(H,27,28,29). The van der Waals surface area contributed by atoms with Crippen LogP contribution in [-0.2, 0) is 16.1 Å². The number of likely N-dealkylation sites (tertiary alicyclic amines) is 1. The van der Waals surface area contributed by atoms with Crippen molar-refractivity contribution in [3.63, 3.8) is 0 Å². The van der Waals surface area contributed by atoms with Gasteiger partial charge in [0.1, 0.15) is 5.75 Å². The summed E-state index contributed by atoms with van der Waals surface area (Å²) in [6, 6.07) is 5.72. The van der Waals surface area contributed by atoms with Crippen LogP contribution in [0.15, 0.2) is 30.6 Å². The molecule has 11 nitrogen and oxygen atoms in total. The SMILES string of the molecule is Cc1cc(Nc2nccc(-n3cc(CN4CC(O)C4)c(C)n3)n2)cc(C)c1OCC(=O)N1CCOCC1. The van der Waals surface area contributed by atoms with Crippen LogP contribution in [0.2, 0.25) is 0 Å². The van der Waals surface area contributed by atoms with E-state index in [0.717, 1.165) is 34.6 Å². The minimum absolute atomic E-state index is 0.00320. The van der Waals surface area contributed by atoms with Crippen molar-refractivity contribution < 1.29 is 19.4 Å². The molecule has 3 aromatic rings. The van der Waals surface area contributed by atoms with E-state index in [2.05, 4.69) is 25.3 Å². The molecule has 196 valence electrons. The summed E-state index contributed by atoms with van der Waals surface area (Å²) >= 11 is 0. The lowest BCUT2D eigenvalue weighted by Gasteiger charge is -2.35. The molecule has 2 saturated heterocycles. The van der Waals surface area contributed by atoms with Gasteiger partial charge in [0, 0.05) is 62.4 Å². The molecule has 2 fully saturated rings. The Morgan fingerprint density at radius 3 is 2.62 bits per heavy atom. The molecule has 0 radical (unpaired) electrons. The normalized spacial score (nSPS) is 16.5. The number of ether oxygens (including phenoxy) is 2. The van der Waals surface area contributed by atoms with E-state index in [1.165, 1.54) is 0 Å². The number of rotatable bonds is 8. The first-order chi connectivity index (χ1) is 17.9. The highest BCUT2D eigenvalue weighted by atomic mass is 16.5. The van der Waals surface area contributed by atoms with Gasteiger partial charge in [-0.15, -0.1) is 0 Å². The van der Waals surface area contributed by atoms with E-state index in [4.69, 9.17) is 9.47 Å². The predicted octanol–water partition coefficient (Wildman–Crippen LogP) is 1.75. The molecule has 11 heteroatoms. The fourth-order valence-electron chi connectivity index (χ4n) is 4.64. The number of nitrogens with one attached hydrogen (secondary N) is 1. The van der Waals surface area contributed by atoms with Crippen LogP contribution in [0.25, 0.3) is 5.82 Å². The van der Waals surface area contributed by atoms with Crippen molar-refractivity contribution in [1.82, 2.24) is 29.5 Å². The van der Waals surface area contributed by atoms with Crippen LogP contribution in [0.5, 0.6) is 5.75 Å². The molecule has 0 aliphatic carbocycles. The number of anilines is 2. The minimum Gasteiger partial charge on any atom is -0.483 e. The van der Waals surface area contributed by atoms with Crippen molar-refractivity contribution in [2.75, 3.05) is 51.3 Å². The van der Waals surface area contributed by atoms with Gasteiger partial charge in [0.25, 0.3) is 5.91 Å². The summed E-state index contributed by atoms with van der Waals surface area (Å²) in [5.41, 5.74) is 4.69. The van der Waals surface area contributed by atoms with Gasteiger partial charge in [0.05, 0.1) is 25.0 Å². The molecule has 1 amide bonds. The average Bonchev–Trinajstić information content (AvgIpc) is 3.23. The molecule has 5 rings (SSSR count). The summed E-state index contributed by atoms with van der Waals surface area (Å²) in [7, 11) is 0. The second kappa shape index (κ2) is 10.8. The Hall–Kier alpha value is -3.54. The fraction of sp³-hybridized carbons (Fsp3) is 0.462. The van der Waals surface area contributed by atoms with Gasteiger partial charge in [-0.05, 0) is 44.0 Å². The van der Waals surface area contributed by atoms with Crippen molar-refractivity contribution in [3.8, 4) is 11.6 Å². The fourth-order valence-corrected chi connectivity index (χ4v) is 4.64. The molecule has 2 aliphatic rings. The molecule has 2 aliphatic heterocycles. The van der Waals surface area contributed by atoms with Crippen LogP contribution in [0.3, 0.4) is 0 Å². The summed E-state index contributed by atoms with van der Waals surface area (Å²) in [5.74, 6) is 1.78. The molecule has 0 saturated carbocycles. The Bertz CT molecular complexity index is 1240. The van der Waals surface area contributed by atoms with Crippen molar-refractivity contribution in [2.24, 2.45) is 0 Å². The molecular weight excluding hydrogens is 474 g/mol. The number of β-amino-alcohol motifs (C(OH)–C–C–N with tert-alkyl or cyclic N) is 1. The number of carbonyl (C=O) groups excluding carboxylic acids is 1. The summed E-state index contributed by atoms with van der Waals surface area (Å²) in [6.07, 6.45) is 3.45. The third-order valence-corrected chi connectivity index (χ3v) is 6.63. The van der Waals surface area contributed by atoms with Crippen molar-refractivity contribution in [3.05, 3.63) is 53.0 Å². The molecule has 0 bridgehead atoms. The van der Waals surface area contributed by atoms with E-state index in [1.807, 2.05) is 45.2 Å². The van der Waals surface area contributed by atoms with E-state index in [0.29, 0.717) is 56.9 Å². The molecule has 2 aromatic heterocycles. The lowest BCUT2D eigenvalue weighted by molar-refractivity contribution is -0.137. The summed E-state index contributed by atoms with van der Waals surface area (Å²) in [6.45, 7) is 10.4. The molecule has 1 aromatic carbocycles. The van der Waals surface area contributed by atoms with Gasteiger partial charge in [-0.25, -0.2) is 9.67 Å². The number of aryl methyl sites for hydroxylation is 3. The highest BCUT2D eigenvalue weighted by Crippen LogP contribution is 2.28. The first-order valence-electron chi connectivity index (χ1n) is 12.5. The Labute approximate surface area is 216 Å². The lowest BCUT2D eigenvalue weighted by atomic mass is 10.1. The zero-order valence-electron chi connectivity index (χ0n) is 21.5. The zero-order valence-corrected chi connectivity index (χ0v) is 21.5. The van der Waals surface area contributed by atoms with E-state index < -0.39 is 0 Å². The molecule has 0 unspecified atom stereocenters. The maximum atomic E-state index is 12.5. The van der Waals surface area contributed by atoms with Crippen LogP contribution < -0.4 is 10.1 Å². The van der Waals surface area contributed by atoms with E-state index >= 15 is 0 Å². The maximum Gasteiger partial charge on any atom is 0.260 e. The smallest absolute Gasteiger partial charge is 0.260 e. The third-order valence-electron chi connectivity index (χ3n) is 6.63. The number of aromatic nitrogens is 4. The Balaban J connectivity index is 1.24. The van der Waals surface area contributed by atoms with Crippen LogP contribution in [0.1, 0.15) is 22.4 Å². The van der Waals surface area contributed by atoms with E-state index in [-0.39, 0.29) is 18.6 Å². The van der Waals surface area contributed by atoms with Gasteiger partial charge in [0.2, 0.25) is 5.95 Å². The van der Waals surface area contributed by atoms with E-state index in [9.17, 15) is 9.90 Å². The maximum absolute atomic E-state index is 12.5. The number of amides is 1. The van der Waals surface area contributed by atoms with Gasteiger partial charge >= 0.3 is 0 Å². The number of morpholine rings is 1. The largest absolute Gasteiger partial charge is 0.483 e. The van der Waals surface area contributed by atoms with Crippen LogP contribution in [0.4, 0.5) is 11.6 Å². The Kier molecular flexibility index (Phi) is 7.36. The van der Waals surface area contributed by atoms with Crippen LogP contribution >= 0.6 is 0 Å². The highest BCUT2D eigenvalue weighted by molar-refractivity contribution is 5.78. The minimum atomic E-state index is -0.226. The monoisotopic (exact) mass is 507 g/mol. The number of carbonyl (C=O) groups is 1. The second-order valence-corrected chi connectivity index (χ2v) is 9.62. The quantitative estimate of drug-likeness (QED) is 0.470. The third kappa shape index (κ3) is 5.90. The molecular formula is C26H33N7O4. The number of benzene rings is 1. The number of hydrogen-bond donors (Lipinski definition) is 2. The van der Waals surface area contributed by atoms with E-state index in [1.54, 1.807) is 15.8 Å². The summed E-state index contributed by atoms with van der Waals surface area (Å²) in [5, 5.41) is 17.4. The molecule has 37 heavy (non-hydrogen) atoms.